The van der Waals surface area contributed by atoms with Crippen LogP contribution in [0, 0.1) is 23.1 Å². The average molecular weight is 196 g/mol. The maximum atomic E-state index is 12.6. The van der Waals surface area contributed by atoms with Gasteiger partial charge in [-0.05, 0) is 17.7 Å². The van der Waals surface area contributed by atoms with Crippen molar-refractivity contribution in [1.82, 2.24) is 5.32 Å². The van der Waals surface area contributed by atoms with E-state index in [2.05, 4.69) is 0 Å². The smallest absolute Gasteiger partial charge is 0.237 e. The summed E-state index contributed by atoms with van der Waals surface area (Å²) in [4.78, 5) is 10.9. The maximum absolute atomic E-state index is 12.6. The van der Waals surface area contributed by atoms with Gasteiger partial charge in [0.1, 0.15) is 11.6 Å². The van der Waals surface area contributed by atoms with Crippen molar-refractivity contribution >= 4 is 5.91 Å². The first-order chi connectivity index (χ1) is 6.61. The highest BCUT2D eigenvalue weighted by Crippen LogP contribution is 2.08. The van der Waals surface area contributed by atoms with Crippen molar-refractivity contribution in [1.29, 1.82) is 5.26 Å². The summed E-state index contributed by atoms with van der Waals surface area (Å²) < 4.78 is 25.3. The summed E-state index contributed by atoms with van der Waals surface area (Å²) in [5.41, 5.74) is 0.190. The maximum Gasteiger partial charge on any atom is 0.237 e. The Labute approximate surface area is 79.0 Å². The Hall–Kier alpha value is -1.96. The highest BCUT2D eigenvalue weighted by Gasteiger charge is 2.05. The van der Waals surface area contributed by atoms with E-state index in [0.717, 1.165) is 12.1 Å². The molecule has 0 saturated carbocycles. The second kappa shape index (κ2) is 4.33. The first kappa shape index (κ1) is 10.1. The molecule has 0 atom stereocenters. The van der Waals surface area contributed by atoms with E-state index in [1.54, 1.807) is 0 Å². The van der Waals surface area contributed by atoms with Crippen molar-refractivity contribution in [2.75, 3.05) is 0 Å². The number of rotatable bonds is 2. The number of amides is 1. The monoisotopic (exact) mass is 196 g/mol. The lowest BCUT2D eigenvalue weighted by Gasteiger charge is -1.99. The third kappa shape index (κ3) is 2.83. The second-order valence-corrected chi connectivity index (χ2v) is 2.61. The number of halogens is 2. The van der Waals surface area contributed by atoms with Gasteiger partial charge in [-0.1, -0.05) is 0 Å². The van der Waals surface area contributed by atoms with Gasteiger partial charge in [-0.3, -0.25) is 10.1 Å². The standard InChI is InChI=1S/C9H6F2N2O/c10-7-1-6(2-8(11)4-7)3-9(14)13-5-12/h1-2,4H,3H2,(H,13,14). The van der Waals surface area contributed by atoms with Gasteiger partial charge < -0.3 is 0 Å². The van der Waals surface area contributed by atoms with Gasteiger partial charge in [-0.2, -0.15) is 5.26 Å². The van der Waals surface area contributed by atoms with Crippen LogP contribution in [0.2, 0.25) is 0 Å². The zero-order valence-electron chi connectivity index (χ0n) is 7.05. The lowest BCUT2D eigenvalue weighted by atomic mass is 10.1. The van der Waals surface area contributed by atoms with Crippen LogP contribution in [0.5, 0.6) is 0 Å². The fourth-order valence-electron chi connectivity index (χ4n) is 1.00. The van der Waals surface area contributed by atoms with E-state index in [9.17, 15) is 13.6 Å². The Morgan fingerprint density at radius 2 is 1.93 bits per heavy atom. The molecule has 0 aliphatic carbocycles. The van der Waals surface area contributed by atoms with Crippen LogP contribution in [0.15, 0.2) is 18.2 Å². The van der Waals surface area contributed by atoms with E-state index in [0.29, 0.717) is 6.07 Å². The summed E-state index contributed by atoms with van der Waals surface area (Å²) in [6, 6.07) is 2.80. The van der Waals surface area contributed by atoms with Gasteiger partial charge in [0.25, 0.3) is 0 Å². The van der Waals surface area contributed by atoms with E-state index in [1.807, 2.05) is 5.32 Å². The van der Waals surface area contributed by atoms with Crippen LogP contribution < -0.4 is 5.32 Å². The summed E-state index contributed by atoms with van der Waals surface area (Å²) in [5, 5.41) is 9.95. The molecule has 1 amide bonds. The van der Waals surface area contributed by atoms with Crippen LogP contribution in [0.4, 0.5) is 8.78 Å². The van der Waals surface area contributed by atoms with E-state index >= 15 is 0 Å². The average Bonchev–Trinajstić information content (AvgIpc) is 2.01. The third-order valence-corrected chi connectivity index (χ3v) is 1.48. The number of benzene rings is 1. The zero-order chi connectivity index (χ0) is 10.6. The summed E-state index contributed by atoms with van der Waals surface area (Å²) in [5.74, 6) is -2.09. The van der Waals surface area contributed by atoms with Crippen molar-refractivity contribution in [3.8, 4) is 6.19 Å². The fraction of sp³-hybridized carbons (Fsp3) is 0.111. The van der Waals surface area contributed by atoms with Crippen molar-refractivity contribution < 1.29 is 13.6 Å². The van der Waals surface area contributed by atoms with Gasteiger partial charge in [0.2, 0.25) is 5.91 Å². The van der Waals surface area contributed by atoms with E-state index < -0.39 is 17.5 Å². The van der Waals surface area contributed by atoms with Gasteiger partial charge in [0.05, 0.1) is 6.42 Å². The predicted octanol–water partition coefficient (Wildman–Crippen LogP) is 1.10. The summed E-state index contributed by atoms with van der Waals surface area (Å²) in [6.07, 6.45) is 1.21. The van der Waals surface area contributed by atoms with Crippen molar-refractivity contribution in [2.24, 2.45) is 0 Å². The largest absolute Gasteiger partial charge is 0.274 e. The molecule has 5 heteroatoms. The minimum absolute atomic E-state index is 0.190. The minimum Gasteiger partial charge on any atom is -0.274 e. The van der Waals surface area contributed by atoms with Gasteiger partial charge >= 0.3 is 0 Å². The van der Waals surface area contributed by atoms with Crippen LogP contribution >= 0.6 is 0 Å². The quantitative estimate of drug-likeness (QED) is 0.569. The molecule has 1 aromatic rings. The second-order valence-electron chi connectivity index (χ2n) is 2.61. The Balaban J connectivity index is 2.77. The Kier molecular flexibility index (Phi) is 3.13. The van der Waals surface area contributed by atoms with Crippen LogP contribution in [0.1, 0.15) is 5.56 Å². The molecule has 0 spiro atoms. The lowest BCUT2D eigenvalue weighted by molar-refractivity contribution is -0.119. The van der Waals surface area contributed by atoms with Crippen LogP contribution in [-0.2, 0) is 11.2 Å². The normalized spacial score (nSPS) is 9.21. The van der Waals surface area contributed by atoms with Crippen LogP contribution in [0.3, 0.4) is 0 Å². The highest BCUT2D eigenvalue weighted by atomic mass is 19.1. The molecule has 0 aliphatic heterocycles. The Bertz CT molecular complexity index is 378. The number of carbonyl (C=O) groups is 1. The molecule has 0 aliphatic rings. The molecule has 3 nitrogen and oxygen atoms in total. The molecule has 0 unspecified atom stereocenters. The molecular weight excluding hydrogens is 190 g/mol. The van der Waals surface area contributed by atoms with E-state index in [-0.39, 0.29) is 12.0 Å². The fourth-order valence-corrected chi connectivity index (χ4v) is 1.00. The Morgan fingerprint density at radius 1 is 1.36 bits per heavy atom. The molecule has 0 aromatic heterocycles. The number of nitrogens with one attached hydrogen (secondary N) is 1. The molecule has 14 heavy (non-hydrogen) atoms. The summed E-state index contributed by atoms with van der Waals surface area (Å²) >= 11 is 0. The predicted molar refractivity (Wildman–Crippen MR) is 43.8 cm³/mol. The van der Waals surface area contributed by atoms with E-state index in [1.165, 1.54) is 6.19 Å². The van der Waals surface area contributed by atoms with Crippen molar-refractivity contribution in [2.45, 2.75) is 6.42 Å². The zero-order valence-corrected chi connectivity index (χ0v) is 7.05. The van der Waals surface area contributed by atoms with E-state index in [4.69, 9.17) is 5.26 Å². The molecule has 0 fully saturated rings. The molecule has 0 heterocycles. The van der Waals surface area contributed by atoms with Gasteiger partial charge in [-0.25, -0.2) is 8.78 Å². The molecule has 1 N–H and O–H groups in total. The molecule has 1 rings (SSSR count). The number of hydrogen-bond acceptors (Lipinski definition) is 2. The molecular formula is C9H6F2N2O. The summed E-state index contributed by atoms with van der Waals surface area (Å²) in [7, 11) is 0. The number of carbonyl (C=O) groups excluding carboxylic acids is 1. The molecule has 72 valence electrons. The summed E-state index contributed by atoms with van der Waals surface area (Å²) in [6.45, 7) is 0. The topological polar surface area (TPSA) is 52.9 Å². The first-order valence-corrected chi connectivity index (χ1v) is 3.74. The molecule has 0 radical (unpaired) electrons. The van der Waals surface area contributed by atoms with Gasteiger partial charge in [0, 0.05) is 6.07 Å². The number of nitriles is 1. The number of hydrogen-bond donors (Lipinski definition) is 1. The SMILES string of the molecule is N#CNC(=O)Cc1cc(F)cc(F)c1. The lowest BCUT2D eigenvalue weighted by Crippen LogP contribution is -2.19. The molecule has 0 bridgehead atoms. The van der Waals surface area contributed by atoms with Gasteiger partial charge in [0.15, 0.2) is 6.19 Å². The third-order valence-electron chi connectivity index (χ3n) is 1.48. The van der Waals surface area contributed by atoms with Crippen molar-refractivity contribution in [3.63, 3.8) is 0 Å². The van der Waals surface area contributed by atoms with Gasteiger partial charge in [-0.15, -0.1) is 0 Å². The molecule has 0 saturated heterocycles. The van der Waals surface area contributed by atoms with Crippen molar-refractivity contribution in [3.05, 3.63) is 35.4 Å². The number of nitrogens with zero attached hydrogens (tertiary/aromatic N) is 1. The first-order valence-electron chi connectivity index (χ1n) is 3.74. The van der Waals surface area contributed by atoms with Crippen LogP contribution in [0.25, 0.3) is 0 Å². The Morgan fingerprint density at radius 3 is 2.43 bits per heavy atom. The highest BCUT2D eigenvalue weighted by molar-refractivity contribution is 5.79. The minimum atomic E-state index is -0.746. The molecule has 1 aromatic carbocycles. The van der Waals surface area contributed by atoms with Crippen LogP contribution in [-0.4, -0.2) is 5.91 Å².